The van der Waals surface area contributed by atoms with Crippen LogP contribution in [0.2, 0.25) is 0 Å². The van der Waals surface area contributed by atoms with Crippen LogP contribution in [0.3, 0.4) is 0 Å². The first-order valence-corrected chi connectivity index (χ1v) is 11.3. The van der Waals surface area contributed by atoms with Crippen LogP contribution < -0.4 is 0 Å². The molecule has 2 unspecified atom stereocenters. The highest BCUT2D eigenvalue weighted by molar-refractivity contribution is 7.91. The summed E-state index contributed by atoms with van der Waals surface area (Å²) < 4.78 is 36.6. The highest BCUT2D eigenvalue weighted by Gasteiger charge is 2.35. The lowest BCUT2D eigenvalue weighted by atomic mass is 10.0. The molecule has 0 spiro atoms. The molecule has 0 aromatic heterocycles. The Kier molecular flexibility index (Phi) is 5.40. The average molecular weight is 443 g/mol. The molecule has 0 aliphatic carbocycles. The first-order chi connectivity index (χ1) is 14.7. The molecular formula is C22H21NO7S. The van der Waals surface area contributed by atoms with Gasteiger partial charge in [0, 0.05) is 24.2 Å². The smallest absolute Gasteiger partial charge is 0.338 e. The van der Waals surface area contributed by atoms with Crippen LogP contribution >= 0.6 is 0 Å². The molecule has 1 amide bonds. The number of rotatable bonds is 3. The summed E-state index contributed by atoms with van der Waals surface area (Å²) in [6, 6.07) is 9.70. The number of ketones is 1. The Morgan fingerprint density at radius 1 is 1.03 bits per heavy atom. The molecule has 2 aliphatic rings. The number of nitrogens with zero attached hydrogens (tertiary/aromatic N) is 1. The number of fused-ring (bicyclic) bond motifs is 2. The minimum atomic E-state index is -3.97. The average Bonchev–Trinajstić information content (AvgIpc) is 2.75. The maximum atomic E-state index is 13.0. The van der Waals surface area contributed by atoms with Gasteiger partial charge in [-0.15, -0.1) is 0 Å². The number of morpholine rings is 1. The second-order valence-corrected chi connectivity index (χ2v) is 9.56. The van der Waals surface area contributed by atoms with E-state index in [1.54, 1.807) is 11.0 Å². The molecule has 1 fully saturated rings. The quantitative estimate of drug-likeness (QED) is 0.569. The largest absolute Gasteiger partial charge is 0.452 e. The SMILES string of the molecule is CC1CN(C(=O)COC(=O)c2ccc3c(c2)S(=O)(=O)c2ccccc2C3=O)CC(C)O1. The second kappa shape index (κ2) is 7.90. The Morgan fingerprint density at radius 2 is 1.68 bits per heavy atom. The topological polar surface area (TPSA) is 107 Å². The fourth-order valence-corrected chi connectivity index (χ4v) is 5.57. The van der Waals surface area contributed by atoms with E-state index in [0.717, 1.165) is 6.07 Å². The molecule has 2 aliphatic heterocycles. The monoisotopic (exact) mass is 443 g/mol. The van der Waals surface area contributed by atoms with Gasteiger partial charge in [-0.3, -0.25) is 9.59 Å². The first-order valence-electron chi connectivity index (χ1n) is 9.81. The van der Waals surface area contributed by atoms with Crippen LogP contribution in [0.15, 0.2) is 52.3 Å². The van der Waals surface area contributed by atoms with Gasteiger partial charge in [-0.2, -0.15) is 0 Å². The third-order valence-corrected chi connectivity index (χ3v) is 7.12. The second-order valence-electron chi connectivity index (χ2n) is 7.67. The molecule has 162 valence electrons. The molecule has 8 nitrogen and oxygen atoms in total. The van der Waals surface area contributed by atoms with Crippen molar-refractivity contribution in [3.8, 4) is 0 Å². The van der Waals surface area contributed by atoms with E-state index < -0.39 is 28.2 Å². The summed E-state index contributed by atoms with van der Waals surface area (Å²) in [5.74, 6) is -1.62. The van der Waals surface area contributed by atoms with Gasteiger partial charge in [-0.1, -0.05) is 12.1 Å². The van der Waals surface area contributed by atoms with Crippen molar-refractivity contribution in [2.75, 3.05) is 19.7 Å². The zero-order chi connectivity index (χ0) is 22.3. The summed E-state index contributed by atoms with van der Waals surface area (Å²) in [5, 5.41) is 0. The van der Waals surface area contributed by atoms with Crippen molar-refractivity contribution >= 4 is 27.5 Å². The molecule has 2 aromatic rings. The van der Waals surface area contributed by atoms with E-state index in [4.69, 9.17) is 9.47 Å². The van der Waals surface area contributed by atoms with Gasteiger partial charge >= 0.3 is 5.97 Å². The first kappa shape index (κ1) is 21.2. The molecule has 2 atom stereocenters. The zero-order valence-corrected chi connectivity index (χ0v) is 17.8. The summed E-state index contributed by atoms with van der Waals surface area (Å²) in [6.07, 6.45) is -0.232. The minimum Gasteiger partial charge on any atom is -0.452 e. The highest BCUT2D eigenvalue weighted by Crippen LogP contribution is 2.34. The van der Waals surface area contributed by atoms with Gasteiger partial charge in [0.05, 0.1) is 27.6 Å². The maximum Gasteiger partial charge on any atom is 0.338 e. The van der Waals surface area contributed by atoms with Gasteiger partial charge in [0.25, 0.3) is 5.91 Å². The molecule has 2 aromatic carbocycles. The number of carbonyl (C=O) groups is 3. The van der Waals surface area contributed by atoms with Crippen molar-refractivity contribution in [2.24, 2.45) is 0 Å². The van der Waals surface area contributed by atoms with E-state index in [1.807, 2.05) is 13.8 Å². The number of carbonyl (C=O) groups excluding carboxylic acids is 3. The van der Waals surface area contributed by atoms with Crippen LogP contribution in [-0.4, -0.2) is 62.9 Å². The Morgan fingerprint density at radius 3 is 2.39 bits per heavy atom. The standard InChI is InChI=1S/C22H21NO7S/c1-13-10-23(11-14(2)30-13)20(24)12-29-22(26)15-7-8-17-19(9-15)31(27,28)18-6-4-3-5-16(18)21(17)25/h3-9,13-14H,10-12H2,1-2H3. The highest BCUT2D eigenvalue weighted by atomic mass is 32.2. The predicted molar refractivity (Wildman–Crippen MR) is 109 cm³/mol. The number of hydrogen-bond acceptors (Lipinski definition) is 7. The molecule has 0 saturated carbocycles. The van der Waals surface area contributed by atoms with Gasteiger partial charge in [0.1, 0.15) is 0 Å². The summed E-state index contributed by atoms with van der Waals surface area (Å²) in [7, 11) is -3.97. The lowest BCUT2D eigenvalue weighted by Gasteiger charge is -2.35. The van der Waals surface area contributed by atoms with Gasteiger partial charge < -0.3 is 14.4 Å². The van der Waals surface area contributed by atoms with Crippen LogP contribution in [0, 0.1) is 0 Å². The molecule has 2 heterocycles. The van der Waals surface area contributed by atoms with Crippen LogP contribution in [-0.2, 0) is 24.1 Å². The molecule has 9 heteroatoms. The molecule has 0 radical (unpaired) electrons. The predicted octanol–water partition coefficient (Wildman–Crippen LogP) is 1.86. The number of sulfone groups is 1. The third kappa shape index (κ3) is 3.86. The van der Waals surface area contributed by atoms with Gasteiger partial charge in [0.15, 0.2) is 12.4 Å². The summed E-state index contributed by atoms with van der Waals surface area (Å²) in [4.78, 5) is 38.8. The molecule has 1 saturated heterocycles. The van der Waals surface area contributed by atoms with E-state index in [2.05, 4.69) is 0 Å². The van der Waals surface area contributed by atoms with Gasteiger partial charge in [0.2, 0.25) is 9.84 Å². The number of benzene rings is 2. The molecule has 0 N–H and O–H groups in total. The van der Waals surface area contributed by atoms with E-state index in [0.29, 0.717) is 13.1 Å². The number of hydrogen-bond donors (Lipinski definition) is 0. The van der Waals surface area contributed by atoms with Crippen molar-refractivity contribution in [1.29, 1.82) is 0 Å². The minimum absolute atomic E-state index is 0.00242. The van der Waals surface area contributed by atoms with Gasteiger partial charge in [-0.05, 0) is 44.2 Å². The zero-order valence-electron chi connectivity index (χ0n) is 17.0. The van der Waals surface area contributed by atoms with Crippen molar-refractivity contribution in [1.82, 2.24) is 4.90 Å². The van der Waals surface area contributed by atoms with Crippen molar-refractivity contribution < 1.29 is 32.3 Å². The fourth-order valence-electron chi connectivity index (χ4n) is 3.89. The Hall–Kier alpha value is -3.04. The Balaban J connectivity index is 1.53. The molecule has 0 bridgehead atoms. The van der Waals surface area contributed by atoms with E-state index in [1.165, 1.54) is 30.3 Å². The Labute approximate surface area is 179 Å². The maximum absolute atomic E-state index is 13.0. The van der Waals surface area contributed by atoms with Crippen LogP contribution in [0.1, 0.15) is 40.1 Å². The number of esters is 1. The van der Waals surface area contributed by atoms with E-state index >= 15 is 0 Å². The summed E-state index contributed by atoms with van der Waals surface area (Å²) >= 11 is 0. The van der Waals surface area contributed by atoms with Crippen molar-refractivity contribution in [3.05, 3.63) is 59.2 Å². The lowest BCUT2D eigenvalue weighted by Crippen LogP contribution is -2.49. The van der Waals surface area contributed by atoms with Gasteiger partial charge in [-0.25, -0.2) is 13.2 Å². The summed E-state index contributed by atoms with van der Waals surface area (Å²) in [5.41, 5.74) is 0.0542. The normalized spacial score (nSPS) is 21.7. The summed E-state index contributed by atoms with van der Waals surface area (Å²) in [6.45, 7) is 4.05. The lowest BCUT2D eigenvalue weighted by molar-refractivity contribution is -0.146. The fraction of sp³-hybridized carbons (Fsp3) is 0.318. The molecular weight excluding hydrogens is 422 g/mol. The Bertz CT molecular complexity index is 1180. The van der Waals surface area contributed by atoms with Crippen LogP contribution in [0.25, 0.3) is 0 Å². The number of amides is 1. The van der Waals surface area contributed by atoms with Crippen molar-refractivity contribution in [2.45, 2.75) is 35.8 Å². The van der Waals surface area contributed by atoms with Crippen LogP contribution in [0.4, 0.5) is 0 Å². The number of ether oxygens (including phenoxy) is 2. The van der Waals surface area contributed by atoms with E-state index in [-0.39, 0.29) is 44.6 Å². The molecule has 4 rings (SSSR count). The third-order valence-electron chi connectivity index (χ3n) is 5.27. The molecule has 31 heavy (non-hydrogen) atoms. The van der Waals surface area contributed by atoms with E-state index in [9.17, 15) is 22.8 Å². The van der Waals surface area contributed by atoms with Crippen molar-refractivity contribution in [3.63, 3.8) is 0 Å². The van der Waals surface area contributed by atoms with Crippen LogP contribution in [0.5, 0.6) is 0 Å².